The zero-order valence-electron chi connectivity index (χ0n) is 11.6. The third-order valence-electron chi connectivity index (χ3n) is 3.10. The number of hydrogen-bond acceptors (Lipinski definition) is 2. The van der Waals surface area contributed by atoms with Gasteiger partial charge in [0.1, 0.15) is 0 Å². The van der Waals surface area contributed by atoms with Crippen molar-refractivity contribution < 1.29 is 4.74 Å². The lowest BCUT2D eigenvalue weighted by atomic mass is 10.1. The van der Waals surface area contributed by atoms with Crippen molar-refractivity contribution in [3.05, 3.63) is 30.0 Å². The van der Waals surface area contributed by atoms with Gasteiger partial charge in [0, 0.05) is 28.9 Å². The van der Waals surface area contributed by atoms with Gasteiger partial charge in [-0.1, -0.05) is 6.07 Å². The molecule has 0 aliphatic rings. The Bertz CT molecular complexity index is 541. The minimum absolute atomic E-state index is 0.229. The summed E-state index contributed by atoms with van der Waals surface area (Å²) in [4.78, 5) is 0. The van der Waals surface area contributed by atoms with E-state index in [-0.39, 0.29) is 6.10 Å². The summed E-state index contributed by atoms with van der Waals surface area (Å²) in [6, 6.07) is 6.49. The van der Waals surface area contributed by atoms with Crippen LogP contribution in [-0.2, 0) is 11.3 Å². The van der Waals surface area contributed by atoms with Gasteiger partial charge < -0.3 is 15.0 Å². The van der Waals surface area contributed by atoms with Crippen LogP contribution in [0.4, 0.5) is 5.69 Å². The first-order valence-electron chi connectivity index (χ1n) is 6.50. The lowest BCUT2D eigenvalue weighted by molar-refractivity contribution is 0.0663. The van der Waals surface area contributed by atoms with E-state index in [1.165, 1.54) is 11.1 Å². The van der Waals surface area contributed by atoms with Crippen molar-refractivity contribution >= 4 is 16.6 Å². The molecule has 0 aliphatic heterocycles. The van der Waals surface area contributed by atoms with Crippen LogP contribution < -0.4 is 5.73 Å². The highest BCUT2D eigenvalue weighted by Gasteiger charge is 2.13. The molecule has 2 rings (SSSR count). The van der Waals surface area contributed by atoms with Gasteiger partial charge in [-0.05, 0) is 39.8 Å². The summed E-state index contributed by atoms with van der Waals surface area (Å²) < 4.78 is 7.97. The highest BCUT2D eigenvalue weighted by molar-refractivity contribution is 5.94. The molecule has 0 atom stereocenters. The van der Waals surface area contributed by atoms with E-state index < -0.39 is 0 Å². The number of anilines is 1. The second-order valence-corrected chi connectivity index (χ2v) is 5.26. The first-order valence-corrected chi connectivity index (χ1v) is 6.50. The van der Waals surface area contributed by atoms with Crippen LogP contribution in [0.15, 0.2) is 24.4 Å². The molecule has 0 spiro atoms. The van der Waals surface area contributed by atoms with Crippen LogP contribution in [0.3, 0.4) is 0 Å². The number of nitrogens with two attached hydrogens (primary N) is 1. The van der Waals surface area contributed by atoms with Gasteiger partial charge in [0.05, 0.1) is 18.2 Å². The second-order valence-electron chi connectivity index (χ2n) is 5.26. The van der Waals surface area contributed by atoms with Crippen molar-refractivity contribution in [2.75, 3.05) is 5.73 Å². The number of ether oxygens (including phenoxy) is 1. The lowest BCUT2D eigenvalue weighted by Crippen LogP contribution is -2.02. The Labute approximate surface area is 109 Å². The zero-order valence-corrected chi connectivity index (χ0v) is 11.6. The molecule has 0 aliphatic carbocycles. The molecule has 2 aromatic rings. The molecule has 0 fully saturated rings. The number of hydrogen-bond donors (Lipinski definition) is 1. The van der Waals surface area contributed by atoms with Crippen molar-refractivity contribution in [1.29, 1.82) is 0 Å². The Morgan fingerprint density at radius 3 is 2.56 bits per heavy atom. The maximum absolute atomic E-state index is 6.11. The first kappa shape index (κ1) is 13.0. The smallest absolute Gasteiger partial charge is 0.0741 e. The molecule has 1 heterocycles. The molecule has 3 heteroatoms. The molecule has 98 valence electrons. The minimum atomic E-state index is 0.229. The standard InChI is InChI=1S/C15H22N2O/c1-10(2)17-8-12(9-18-11(3)4)15-13(16)6-5-7-14(15)17/h5-8,10-11H,9,16H2,1-4H3. The molecular formula is C15H22N2O. The molecule has 0 saturated heterocycles. The van der Waals surface area contributed by atoms with Gasteiger partial charge in [-0.25, -0.2) is 0 Å². The summed E-state index contributed by atoms with van der Waals surface area (Å²) in [6.07, 6.45) is 2.39. The van der Waals surface area contributed by atoms with Crippen LogP contribution in [0.5, 0.6) is 0 Å². The van der Waals surface area contributed by atoms with E-state index in [9.17, 15) is 0 Å². The van der Waals surface area contributed by atoms with E-state index in [4.69, 9.17) is 10.5 Å². The lowest BCUT2D eigenvalue weighted by Gasteiger charge is -2.08. The third kappa shape index (κ3) is 2.36. The highest BCUT2D eigenvalue weighted by Crippen LogP contribution is 2.29. The maximum atomic E-state index is 6.11. The van der Waals surface area contributed by atoms with E-state index in [1.54, 1.807) is 0 Å². The van der Waals surface area contributed by atoms with Gasteiger partial charge in [-0.3, -0.25) is 0 Å². The number of rotatable bonds is 4. The maximum Gasteiger partial charge on any atom is 0.0741 e. The van der Waals surface area contributed by atoms with Gasteiger partial charge in [0.2, 0.25) is 0 Å². The summed E-state index contributed by atoms with van der Waals surface area (Å²) in [5.41, 5.74) is 9.30. The first-order chi connectivity index (χ1) is 8.50. The Hall–Kier alpha value is -1.48. The van der Waals surface area contributed by atoms with E-state index in [0.717, 1.165) is 11.1 Å². The fourth-order valence-electron chi connectivity index (χ4n) is 2.22. The fraction of sp³-hybridized carbons (Fsp3) is 0.467. The van der Waals surface area contributed by atoms with Crippen molar-refractivity contribution in [3.63, 3.8) is 0 Å². The molecular weight excluding hydrogens is 224 g/mol. The molecule has 0 amide bonds. The van der Waals surface area contributed by atoms with Crippen molar-refractivity contribution in [1.82, 2.24) is 4.57 Å². The molecule has 0 radical (unpaired) electrons. The monoisotopic (exact) mass is 246 g/mol. The summed E-state index contributed by atoms with van der Waals surface area (Å²) in [7, 11) is 0. The van der Waals surface area contributed by atoms with Gasteiger partial charge in [0.15, 0.2) is 0 Å². The van der Waals surface area contributed by atoms with Crippen LogP contribution in [0, 0.1) is 0 Å². The van der Waals surface area contributed by atoms with E-state index in [0.29, 0.717) is 12.6 Å². The third-order valence-corrected chi connectivity index (χ3v) is 3.10. The number of nitrogens with zero attached hydrogens (tertiary/aromatic N) is 1. The second kappa shape index (κ2) is 5.02. The molecule has 0 bridgehead atoms. The Balaban J connectivity index is 2.52. The van der Waals surface area contributed by atoms with Gasteiger partial charge in [-0.2, -0.15) is 0 Å². The summed E-state index contributed by atoms with van der Waals surface area (Å²) in [5.74, 6) is 0. The Kier molecular flexibility index (Phi) is 3.62. The molecule has 1 aromatic carbocycles. The Morgan fingerprint density at radius 2 is 1.94 bits per heavy atom. The fourth-order valence-corrected chi connectivity index (χ4v) is 2.22. The van der Waals surface area contributed by atoms with Crippen molar-refractivity contribution in [2.24, 2.45) is 0 Å². The predicted molar refractivity (Wildman–Crippen MR) is 76.7 cm³/mol. The Morgan fingerprint density at radius 1 is 1.22 bits per heavy atom. The van der Waals surface area contributed by atoms with Gasteiger partial charge in [0.25, 0.3) is 0 Å². The quantitative estimate of drug-likeness (QED) is 0.835. The molecule has 18 heavy (non-hydrogen) atoms. The summed E-state index contributed by atoms with van der Waals surface area (Å²) in [6.45, 7) is 9.06. The van der Waals surface area contributed by atoms with Crippen LogP contribution in [0.25, 0.3) is 10.9 Å². The predicted octanol–water partition coefficient (Wildman–Crippen LogP) is 3.73. The molecule has 3 nitrogen and oxygen atoms in total. The zero-order chi connectivity index (χ0) is 13.3. The molecule has 0 unspecified atom stereocenters. The number of nitrogen functional groups attached to an aromatic ring is 1. The summed E-state index contributed by atoms with van der Waals surface area (Å²) in [5, 5.41) is 1.13. The normalized spacial score (nSPS) is 11.9. The van der Waals surface area contributed by atoms with Crippen LogP contribution in [0.2, 0.25) is 0 Å². The van der Waals surface area contributed by atoms with Crippen LogP contribution >= 0.6 is 0 Å². The minimum Gasteiger partial charge on any atom is -0.398 e. The van der Waals surface area contributed by atoms with E-state index in [1.807, 2.05) is 26.0 Å². The molecule has 0 saturated carbocycles. The van der Waals surface area contributed by atoms with Crippen molar-refractivity contribution in [3.8, 4) is 0 Å². The van der Waals surface area contributed by atoms with Crippen molar-refractivity contribution in [2.45, 2.75) is 46.4 Å². The average molecular weight is 246 g/mol. The molecule has 2 N–H and O–H groups in total. The number of fused-ring (bicyclic) bond motifs is 1. The van der Waals surface area contributed by atoms with Gasteiger partial charge in [-0.15, -0.1) is 0 Å². The van der Waals surface area contributed by atoms with Gasteiger partial charge >= 0.3 is 0 Å². The summed E-state index contributed by atoms with van der Waals surface area (Å²) >= 11 is 0. The topological polar surface area (TPSA) is 40.2 Å². The number of benzene rings is 1. The highest BCUT2D eigenvalue weighted by atomic mass is 16.5. The average Bonchev–Trinajstić information content (AvgIpc) is 2.67. The SMILES string of the molecule is CC(C)OCc1cn(C(C)C)c2cccc(N)c12. The van der Waals surface area contributed by atoms with Crippen LogP contribution in [-0.4, -0.2) is 10.7 Å². The van der Waals surface area contributed by atoms with Crippen LogP contribution in [0.1, 0.15) is 39.3 Å². The van der Waals surface area contributed by atoms with E-state index in [2.05, 4.69) is 30.7 Å². The molecule has 1 aromatic heterocycles. The largest absolute Gasteiger partial charge is 0.398 e. The van der Waals surface area contributed by atoms with E-state index >= 15 is 0 Å². The number of aromatic nitrogens is 1.